The third kappa shape index (κ3) is 2.52. The van der Waals surface area contributed by atoms with Crippen molar-refractivity contribution in [3.8, 4) is 0 Å². The van der Waals surface area contributed by atoms with Crippen LogP contribution < -0.4 is 5.32 Å². The van der Waals surface area contributed by atoms with Crippen molar-refractivity contribution in [1.29, 1.82) is 0 Å². The monoisotopic (exact) mass is 226 g/mol. The van der Waals surface area contributed by atoms with E-state index < -0.39 is 17.9 Å². The average Bonchev–Trinajstić information content (AvgIpc) is 2.26. The molecule has 0 aliphatic carbocycles. The van der Waals surface area contributed by atoms with E-state index in [0.29, 0.717) is 0 Å². The van der Waals surface area contributed by atoms with Crippen LogP contribution in [0.25, 0.3) is 0 Å². The normalized spacial score (nSPS) is 25.0. The van der Waals surface area contributed by atoms with Crippen molar-refractivity contribution in [2.45, 2.75) is 25.9 Å². The topological polar surface area (TPSA) is 83.6 Å². The largest absolute Gasteiger partial charge is 0.330 e. The highest BCUT2D eigenvalue weighted by molar-refractivity contribution is 6.27. The second-order valence-corrected chi connectivity index (χ2v) is 3.78. The molecule has 1 fully saturated rings. The van der Waals surface area contributed by atoms with Crippen LogP contribution in [-0.2, 0) is 19.2 Å². The Morgan fingerprint density at radius 3 is 2.38 bits per heavy atom. The van der Waals surface area contributed by atoms with Crippen molar-refractivity contribution in [2.75, 3.05) is 13.1 Å². The Bertz CT molecular complexity index is 340. The van der Waals surface area contributed by atoms with Gasteiger partial charge in [-0.1, -0.05) is 0 Å². The summed E-state index contributed by atoms with van der Waals surface area (Å²) in [5.41, 5.74) is 0. The summed E-state index contributed by atoms with van der Waals surface area (Å²) in [5.74, 6) is -1.02. The first-order chi connectivity index (χ1) is 7.47. The van der Waals surface area contributed by atoms with Crippen molar-refractivity contribution in [2.24, 2.45) is 0 Å². The van der Waals surface area contributed by atoms with Crippen molar-refractivity contribution < 1.29 is 19.2 Å². The van der Waals surface area contributed by atoms with E-state index in [1.54, 1.807) is 0 Å². The molecule has 1 rings (SSSR count). The van der Waals surface area contributed by atoms with Gasteiger partial charge in [-0.3, -0.25) is 19.2 Å². The first kappa shape index (κ1) is 12.5. The zero-order chi connectivity index (χ0) is 12.3. The number of aldehydes is 1. The summed E-state index contributed by atoms with van der Waals surface area (Å²) in [6, 6.07) is -1.25. The van der Waals surface area contributed by atoms with Crippen LogP contribution in [0.3, 0.4) is 0 Å². The van der Waals surface area contributed by atoms with Crippen LogP contribution >= 0.6 is 0 Å². The second kappa shape index (κ2) is 4.98. The minimum absolute atomic E-state index is 0.0666. The van der Waals surface area contributed by atoms with Crippen LogP contribution in [0.1, 0.15) is 13.8 Å². The van der Waals surface area contributed by atoms with Crippen LogP contribution in [0.15, 0.2) is 0 Å². The van der Waals surface area contributed by atoms with Gasteiger partial charge >= 0.3 is 0 Å². The number of hydrogen-bond acceptors (Lipinski definition) is 5. The lowest BCUT2D eigenvalue weighted by atomic mass is 10.0. The smallest absolute Gasteiger partial charge is 0.220 e. The molecule has 2 atom stereocenters. The number of nitrogens with zero attached hydrogens (tertiary/aromatic N) is 1. The highest BCUT2D eigenvalue weighted by Gasteiger charge is 2.34. The molecule has 6 heteroatoms. The molecule has 0 saturated carbocycles. The number of carbonyl (C=O) groups excluding carboxylic acids is 4. The summed E-state index contributed by atoms with van der Waals surface area (Å²) in [6.45, 7) is 3.00. The Balaban J connectivity index is 2.80. The van der Waals surface area contributed by atoms with E-state index in [0.717, 1.165) is 0 Å². The van der Waals surface area contributed by atoms with Crippen LogP contribution in [0.4, 0.5) is 0 Å². The number of hydrogen-bond donors (Lipinski definition) is 1. The van der Waals surface area contributed by atoms with Crippen LogP contribution in [0.2, 0.25) is 0 Å². The first-order valence-electron chi connectivity index (χ1n) is 4.97. The van der Waals surface area contributed by atoms with Gasteiger partial charge in [0, 0.05) is 20.0 Å². The summed E-state index contributed by atoms with van der Waals surface area (Å²) in [5, 5.41) is 2.79. The fourth-order valence-electron chi connectivity index (χ4n) is 1.74. The lowest BCUT2D eigenvalue weighted by molar-refractivity contribution is -0.141. The van der Waals surface area contributed by atoms with E-state index in [2.05, 4.69) is 5.32 Å². The van der Waals surface area contributed by atoms with Gasteiger partial charge in [0.2, 0.25) is 11.7 Å². The lowest BCUT2D eigenvalue weighted by Gasteiger charge is -2.37. The SMILES string of the molecule is CC(=O)C1CNC(C(=O)C=O)CN1C(C)=O. The molecule has 1 N–H and O–H groups in total. The molecule has 1 aliphatic rings. The number of rotatable bonds is 3. The number of ketones is 2. The van der Waals surface area contributed by atoms with Gasteiger partial charge in [-0.25, -0.2) is 0 Å². The Morgan fingerprint density at radius 2 is 1.94 bits per heavy atom. The molecule has 1 amide bonds. The predicted octanol–water partition coefficient (Wildman–Crippen LogP) is -1.47. The summed E-state index contributed by atoms with van der Waals surface area (Å²) in [6.07, 6.45) is 0.226. The van der Waals surface area contributed by atoms with Gasteiger partial charge < -0.3 is 10.2 Å². The third-order valence-electron chi connectivity index (χ3n) is 2.65. The van der Waals surface area contributed by atoms with E-state index in [-0.39, 0.29) is 31.1 Å². The lowest BCUT2D eigenvalue weighted by Crippen LogP contribution is -2.62. The molecular weight excluding hydrogens is 212 g/mol. The molecule has 0 bridgehead atoms. The van der Waals surface area contributed by atoms with Crippen molar-refractivity contribution in [1.82, 2.24) is 10.2 Å². The standard InChI is InChI=1S/C10H14N2O4/c1-6(14)9-3-11-8(10(16)5-13)4-12(9)7(2)15/h5,8-9,11H,3-4H2,1-2H3. The second-order valence-electron chi connectivity index (χ2n) is 3.78. The van der Waals surface area contributed by atoms with E-state index in [4.69, 9.17) is 0 Å². The average molecular weight is 226 g/mol. The molecule has 0 aromatic rings. The summed E-state index contributed by atoms with van der Waals surface area (Å²) < 4.78 is 0. The van der Waals surface area contributed by atoms with Crippen LogP contribution in [0.5, 0.6) is 0 Å². The van der Waals surface area contributed by atoms with Crippen LogP contribution in [0, 0.1) is 0 Å². The highest BCUT2D eigenvalue weighted by atomic mass is 16.2. The van der Waals surface area contributed by atoms with Crippen LogP contribution in [-0.4, -0.2) is 53.8 Å². The number of amides is 1. The Kier molecular flexibility index (Phi) is 3.89. The van der Waals surface area contributed by atoms with Gasteiger partial charge in [0.25, 0.3) is 0 Å². The minimum Gasteiger partial charge on any atom is -0.330 e. The first-order valence-corrected chi connectivity index (χ1v) is 4.97. The Labute approximate surface area is 93.0 Å². The fraction of sp³-hybridized carbons (Fsp3) is 0.600. The molecular formula is C10H14N2O4. The number of carbonyl (C=O) groups is 4. The molecule has 1 heterocycles. The molecule has 0 radical (unpaired) electrons. The molecule has 2 unspecified atom stereocenters. The number of piperazine rings is 1. The molecule has 6 nitrogen and oxygen atoms in total. The Morgan fingerprint density at radius 1 is 1.31 bits per heavy atom. The molecule has 16 heavy (non-hydrogen) atoms. The van der Waals surface area contributed by atoms with E-state index >= 15 is 0 Å². The summed E-state index contributed by atoms with van der Waals surface area (Å²) in [4.78, 5) is 45.4. The molecule has 0 spiro atoms. The van der Waals surface area contributed by atoms with Crippen molar-refractivity contribution in [3.05, 3.63) is 0 Å². The summed E-state index contributed by atoms with van der Waals surface area (Å²) >= 11 is 0. The predicted molar refractivity (Wildman–Crippen MR) is 54.7 cm³/mol. The molecule has 0 aromatic heterocycles. The minimum atomic E-state index is -0.697. The van der Waals surface area contributed by atoms with Gasteiger partial charge in [0.1, 0.15) is 6.04 Å². The molecule has 88 valence electrons. The van der Waals surface area contributed by atoms with Gasteiger partial charge in [-0.05, 0) is 6.92 Å². The highest BCUT2D eigenvalue weighted by Crippen LogP contribution is 2.09. The molecule has 1 aliphatic heterocycles. The quantitative estimate of drug-likeness (QED) is 0.469. The maximum atomic E-state index is 11.3. The maximum Gasteiger partial charge on any atom is 0.220 e. The van der Waals surface area contributed by atoms with E-state index in [1.165, 1.54) is 18.7 Å². The Hall–Kier alpha value is -1.56. The van der Waals surface area contributed by atoms with E-state index in [1.807, 2.05) is 0 Å². The molecule has 0 aromatic carbocycles. The van der Waals surface area contributed by atoms with Gasteiger partial charge in [-0.15, -0.1) is 0 Å². The van der Waals surface area contributed by atoms with E-state index in [9.17, 15) is 19.2 Å². The zero-order valence-corrected chi connectivity index (χ0v) is 9.23. The van der Waals surface area contributed by atoms with Gasteiger partial charge in [0.15, 0.2) is 12.1 Å². The van der Waals surface area contributed by atoms with Gasteiger partial charge in [-0.2, -0.15) is 0 Å². The number of nitrogens with one attached hydrogen (secondary N) is 1. The van der Waals surface area contributed by atoms with Gasteiger partial charge in [0.05, 0.1) is 6.04 Å². The van der Waals surface area contributed by atoms with Crippen molar-refractivity contribution in [3.63, 3.8) is 0 Å². The maximum absolute atomic E-state index is 11.3. The summed E-state index contributed by atoms with van der Waals surface area (Å²) in [7, 11) is 0. The number of Topliss-reactive ketones (excluding diaryl/α,β-unsaturated/α-hetero) is 2. The zero-order valence-electron chi connectivity index (χ0n) is 9.23. The fourth-order valence-corrected chi connectivity index (χ4v) is 1.74. The molecule has 1 saturated heterocycles. The third-order valence-corrected chi connectivity index (χ3v) is 2.65. The van der Waals surface area contributed by atoms with Crippen molar-refractivity contribution >= 4 is 23.8 Å².